The van der Waals surface area contributed by atoms with E-state index in [1.165, 1.54) is 12.3 Å². The van der Waals surface area contributed by atoms with Crippen molar-refractivity contribution in [2.24, 2.45) is 0 Å². The van der Waals surface area contributed by atoms with Crippen LogP contribution in [-0.4, -0.2) is 19.5 Å². The van der Waals surface area contributed by atoms with Crippen molar-refractivity contribution in [3.8, 4) is 6.19 Å². The van der Waals surface area contributed by atoms with Crippen LogP contribution in [-0.2, 0) is 10.0 Å². The van der Waals surface area contributed by atoms with Gasteiger partial charge in [0.15, 0.2) is 6.19 Å². The molecule has 2 aromatic rings. The SMILES string of the molecule is N#CNS(=O)(=O)c1c(C(=O)O)sc2ccccc12. The van der Waals surface area contributed by atoms with Crippen LogP contribution in [0, 0.1) is 11.5 Å². The molecule has 0 radical (unpaired) electrons. The van der Waals surface area contributed by atoms with Gasteiger partial charge in [-0.3, -0.25) is 0 Å². The van der Waals surface area contributed by atoms with Gasteiger partial charge >= 0.3 is 5.97 Å². The summed E-state index contributed by atoms with van der Waals surface area (Å²) in [6.07, 6.45) is 1.30. The highest BCUT2D eigenvalue weighted by molar-refractivity contribution is 7.90. The van der Waals surface area contributed by atoms with Gasteiger partial charge in [0.25, 0.3) is 10.0 Å². The fraction of sp³-hybridized carbons (Fsp3) is 0. The predicted molar refractivity (Wildman–Crippen MR) is 64.7 cm³/mol. The van der Waals surface area contributed by atoms with Crippen LogP contribution in [0.1, 0.15) is 9.67 Å². The Bertz CT molecular complexity index is 771. The summed E-state index contributed by atoms with van der Waals surface area (Å²) in [5.74, 6) is -1.34. The van der Waals surface area contributed by atoms with Gasteiger partial charge in [-0.25, -0.2) is 17.9 Å². The maximum absolute atomic E-state index is 11.8. The third-order valence-corrected chi connectivity index (χ3v) is 4.80. The minimum Gasteiger partial charge on any atom is -0.477 e. The van der Waals surface area contributed by atoms with Crippen molar-refractivity contribution in [2.45, 2.75) is 4.90 Å². The van der Waals surface area contributed by atoms with E-state index in [0.29, 0.717) is 10.1 Å². The summed E-state index contributed by atoms with van der Waals surface area (Å²) >= 11 is 0.857. The molecule has 0 aliphatic carbocycles. The molecule has 0 bridgehead atoms. The Balaban J connectivity index is 2.87. The molecule has 1 heterocycles. The van der Waals surface area contributed by atoms with Crippen LogP contribution in [0.4, 0.5) is 0 Å². The monoisotopic (exact) mass is 282 g/mol. The molecule has 0 saturated heterocycles. The molecule has 0 unspecified atom stereocenters. The van der Waals surface area contributed by atoms with E-state index in [2.05, 4.69) is 0 Å². The molecule has 0 fully saturated rings. The van der Waals surface area contributed by atoms with Crippen LogP contribution in [0.15, 0.2) is 29.2 Å². The zero-order valence-electron chi connectivity index (χ0n) is 8.75. The van der Waals surface area contributed by atoms with Gasteiger partial charge in [0.05, 0.1) is 0 Å². The third-order valence-electron chi connectivity index (χ3n) is 2.19. The first-order valence-electron chi connectivity index (χ1n) is 4.63. The van der Waals surface area contributed by atoms with Crippen LogP contribution in [0.25, 0.3) is 10.1 Å². The van der Waals surface area contributed by atoms with E-state index in [1.54, 1.807) is 22.9 Å². The van der Waals surface area contributed by atoms with Crippen molar-refractivity contribution in [3.05, 3.63) is 29.1 Å². The highest BCUT2D eigenvalue weighted by Gasteiger charge is 2.27. The van der Waals surface area contributed by atoms with Crippen molar-refractivity contribution in [2.75, 3.05) is 0 Å². The average molecular weight is 282 g/mol. The smallest absolute Gasteiger partial charge is 0.347 e. The maximum atomic E-state index is 11.8. The summed E-state index contributed by atoms with van der Waals surface area (Å²) in [6, 6.07) is 6.41. The number of nitrogens with one attached hydrogen (secondary N) is 1. The second kappa shape index (κ2) is 4.29. The van der Waals surface area contributed by atoms with Gasteiger partial charge < -0.3 is 5.11 Å². The van der Waals surface area contributed by atoms with Gasteiger partial charge in [-0.1, -0.05) is 18.2 Å². The lowest BCUT2D eigenvalue weighted by atomic mass is 10.2. The molecule has 1 aromatic carbocycles. The quantitative estimate of drug-likeness (QED) is 0.652. The van der Waals surface area contributed by atoms with E-state index in [9.17, 15) is 13.2 Å². The first kappa shape index (κ1) is 12.3. The number of aromatic carboxylic acids is 1. The Morgan fingerprint density at radius 1 is 1.39 bits per heavy atom. The zero-order chi connectivity index (χ0) is 13.3. The predicted octanol–water partition coefficient (Wildman–Crippen LogP) is 1.36. The molecular weight excluding hydrogens is 276 g/mol. The Labute approximate surface area is 106 Å². The van der Waals surface area contributed by atoms with Gasteiger partial charge in [0.1, 0.15) is 9.77 Å². The summed E-state index contributed by atoms with van der Waals surface area (Å²) in [4.78, 5) is 10.4. The number of nitrogens with zero attached hydrogens (tertiary/aromatic N) is 1. The molecule has 6 nitrogen and oxygen atoms in total. The van der Waals surface area contributed by atoms with Crippen LogP contribution < -0.4 is 4.72 Å². The van der Waals surface area contributed by atoms with Crippen LogP contribution in [0.3, 0.4) is 0 Å². The Morgan fingerprint density at radius 3 is 2.67 bits per heavy atom. The van der Waals surface area contributed by atoms with Gasteiger partial charge in [0.2, 0.25) is 0 Å². The number of thiophene rings is 1. The summed E-state index contributed by atoms with van der Waals surface area (Å²) in [6.45, 7) is 0. The number of fused-ring (bicyclic) bond motifs is 1. The fourth-order valence-corrected chi connectivity index (χ4v) is 4.02. The van der Waals surface area contributed by atoms with Crippen LogP contribution in [0.2, 0.25) is 0 Å². The van der Waals surface area contributed by atoms with E-state index in [-0.39, 0.29) is 9.77 Å². The Hall–Kier alpha value is -2.11. The summed E-state index contributed by atoms with van der Waals surface area (Å²) < 4.78 is 25.9. The highest BCUT2D eigenvalue weighted by Crippen LogP contribution is 2.34. The molecule has 0 spiro atoms. The molecule has 8 heteroatoms. The Kier molecular flexibility index (Phi) is 2.94. The lowest BCUT2D eigenvalue weighted by molar-refractivity contribution is 0.0698. The molecule has 18 heavy (non-hydrogen) atoms. The minimum atomic E-state index is -4.15. The second-order valence-corrected chi connectivity index (χ2v) is 5.95. The number of hydrogen-bond acceptors (Lipinski definition) is 5. The number of sulfonamides is 1. The number of hydrogen-bond donors (Lipinski definition) is 2. The van der Waals surface area contributed by atoms with Crippen molar-refractivity contribution in [1.29, 1.82) is 5.26 Å². The largest absolute Gasteiger partial charge is 0.477 e. The third kappa shape index (κ3) is 1.90. The molecule has 0 amide bonds. The van der Waals surface area contributed by atoms with Crippen molar-refractivity contribution < 1.29 is 18.3 Å². The van der Waals surface area contributed by atoms with Crippen molar-refractivity contribution in [3.63, 3.8) is 0 Å². The second-order valence-electron chi connectivity index (χ2n) is 3.28. The molecule has 2 N–H and O–H groups in total. The summed E-state index contributed by atoms with van der Waals surface area (Å²) in [5.41, 5.74) is 0. The lowest BCUT2D eigenvalue weighted by Gasteiger charge is -2.01. The van der Waals surface area contributed by atoms with Gasteiger partial charge in [-0.15, -0.1) is 11.3 Å². The first-order chi connectivity index (χ1) is 8.47. The molecule has 2 rings (SSSR count). The average Bonchev–Trinajstić information content (AvgIpc) is 2.68. The maximum Gasteiger partial charge on any atom is 0.347 e. The Morgan fingerprint density at radius 2 is 2.06 bits per heavy atom. The molecule has 0 saturated carbocycles. The fourth-order valence-electron chi connectivity index (χ4n) is 1.54. The standard InChI is InChI=1S/C10H6N2O4S2/c11-5-12-18(15,16)9-6-3-1-2-4-7(6)17-8(9)10(13)14/h1-4,12H,(H,13,14). The van der Waals surface area contributed by atoms with E-state index in [4.69, 9.17) is 10.4 Å². The van der Waals surface area contributed by atoms with E-state index >= 15 is 0 Å². The van der Waals surface area contributed by atoms with E-state index in [0.717, 1.165) is 11.3 Å². The van der Waals surface area contributed by atoms with Crippen LogP contribution >= 0.6 is 11.3 Å². The highest BCUT2D eigenvalue weighted by atomic mass is 32.2. The normalized spacial score (nSPS) is 11.1. The first-order valence-corrected chi connectivity index (χ1v) is 6.93. The molecule has 92 valence electrons. The van der Waals surface area contributed by atoms with Gasteiger partial charge in [0, 0.05) is 10.1 Å². The number of carbonyl (C=O) groups is 1. The molecule has 0 aliphatic heterocycles. The molecule has 0 aliphatic rings. The lowest BCUT2D eigenvalue weighted by Crippen LogP contribution is -2.20. The molecule has 0 atom stereocenters. The van der Waals surface area contributed by atoms with Crippen molar-refractivity contribution in [1.82, 2.24) is 4.72 Å². The number of carboxylic acid groups (broad SMARTS) is 1. The number of rotatable bonds is 3. The topological polar surface area (TPSA) is 107 Å². The summed E-state index contributed by atoms with van der Waals surface area (Å²) in [7, 11) is -4.15. The number of benzene rings is 1. The summed E-state index contributed by atoms with van der Waals surface area (Å²) in [5, 5.41) is 17.7. The minimum absolute atomic E-state index is 0.294. The zero-order valence-corrected chi connectivity index (χ0v) is 10.4. The van der Waals surface area contributed by atoms with Crippen LogP contribution in [0.5, 0.6) is 0 Å². The van der Waals surface area contributed by atoms with Gasteiger partial charge in [-0.05, 0) is 6.07 Å². The van der Waals surface area contributed by atoms with Crippen molar-refractivity contribution >= 4 is 37.4 Å². The van der Waals surface area contributed by atoms with E-state index < -0.39 is 16.0 Å². The number of carboxylic acids is 1. The molecule has 1 aromatic heterocycles. The van der Waals surface area contributed by atoms with Gasteiger partial charge in [-0.2, -0.15) is 5.26 Å². The number of nitriles is 1. The van der Waals surface area contributed by atoms with E-state index in [1.807, 2.05) is 0 Å². The molecular formula is C10H6N2O4S2.